The Hall–Kier alpha value is -0.0105. The Morgan fingerprint density at radius 1 is 0.889 bits per heavy atom. The summed E-state index contributed by atoms with van der Waals surface area (Å²) in [6.07, 6.45) is 17.1. The van der Waals surface area contributed by atoms with Crippen molar-refractivity contribution in [3.05, 3.63) is 63.7 Å². The van der Waals surface area contributed by atoms with Crippen molar-refractivity contribution in [2.45, 2.75) is 26.4 Å². The number of hydrogen-bond donors (Lipinski definition) is 0. The second-order valence-electron chi connectivity index (χ2n) is 4.64. The average Bonchev–Trinajstić information content (AvgIpc) is 2.93. The van der Waals surface area contributed by atoms with Gasteiger partial charge in [-0.1, -0.05) is 0 Å². The molecule has 2 rings (SSSR count). The third-order valence-corrected chi connectivity index (χ3v) is 1.85. The van der Waals surface area contributed by atoms with Crippen LogP contribution in [0.5, 0.6) is 0 Å². The molecule has 0 spiro atoms. The molecule has 2 aliphatic rings. The van der Waals surface area contributed by atoms with Crippen LogP contribution in [0.25, 0.3) is 0 Å². The fraction of sp³-hybridized carbons (Fsp3) is 0.267. The predicted octanol–water partition coefficient (Wildman–Crippen LogP) is 2.75. The summed E-state index contributed by atoms with van der Waals surface area (Å²) in [5.41, 5.74) is -0.408. The van der Waals surface area contributed by atoms with Gasteiger partial charge in [-0.2, -0.15) is 0 Å². The van der Waals surface area contributed by atoms with Gasteiger partial charge >= 0.3 is 23.0 Å². The van der Waals surface area contributed by atoms with E-state index in [2.05, 4.69) is 0 Å². The SMILES string of the molecule is CC(C)(C)OC(=O)[C]1[CH][CH][CH][CH]1.[CH]1[CH][CH][CH][CH]1.[Fe+2]. The van der Waals surface area contributed by atoms with Gasteiger partial charge in [0.2, 0.25) is 0 Å². The topological polar surface area (TPSA) is 26.3 Å². The number of ether oxygens (including phenoxy) is 1. The second-order valence-corrected chi connectivity index (χ2v) is 4.64. The summed E-state index contributed by atoms with van der Waals surface area (Å²) in [4.78, 5) is 11.3. The van der Waals surface area contributed by atoms with Crippen molar-refractivity contribution >= 4 is 5.97 Å². The molecule has 2 fully saturated rings. The van der Waals surface area contributed by atoms with Gasteiger partial charge in [-0.15, -0.1) is 0 Å². The quantitative estimate of drug-likeness (QED) is 0.547. The van der Waals surface area contributed by atoms with Gasteiger partial charge in [-0.25, -0.2) is 0 Å². The van der Waals surface area contributed by atoms with Gasteiger partial charge in [0.25, 0.3) is 0 Å². The molecule has 2 aliphatic carbocycles. The number of carbonyl (C=O) groups is 1. The van der Waals surface area contributed by atoms with Crippen molar-refractivity contribution in [2.75, 3.05) is 0 Å². The van der Waals surface area contributed by atoms with Gasteiger partial charge in [0.15, 0.2) is 0 Å². The van der Waals surface area contributed by atoms with E-state index in [0.29, 0.717) is 5.92 Å². The van der Waals surface area contributed by atoms with Crippen LogP contribution in [0, 0.1) is 63.7 Å². The Bertz CT molecular complexity index is 216. The van der Waals surface area contributed by atoms with E-state index >= 15 is 0 Å². The summed E-state index contributed by atoms with van der Waals surface area (Å²) < 4.78 is 5.14. The van der Waals surface area contributed by atoms with E-state index in [1.165, 1.54) is 0 Å². The minimum absolute atomic E-state index is 0. The van der Waals surface area contributed by atoms with Crippen LogP contribution in [0.15, 0.2) is 0 Å². The maximum absolute atomic E-state index is 11.3. The molecule has 2 saturated carbocycles. The van der Waals surface area contributed by atoms with E-state index in [-0.39, 0.29) is 23.0 Å². The molecule has 0 N–H and O–H groups in total. The fourth-order valence-electron chi connectivity index (χ4n) is 1.17. The molecule has 0 heterocycles. The molecule has 0 unspecified atom stereocenters. The van der Waals surface area contributed by atoms with Crippen LogP contribution < -0.4 is 0 Å². The minimum atomic E-state index is -0.408. The van der Waals surface area contributed by atoms with E-state index in [0.717, 1.165) is 0 Å². The van der Waals surface area contributed by atoms with E-state index in [9.17, 15) is 4.79 Å². The molecule has 0 bridgehead atoms. The van der Waals surface area contributed by atoms with Crippen LogP contribution in [0.3, 0.4) is 0 Å². The fourth-order valence-corrected chi connectivity index (χ4v) is 1.17. The van der Waals surface area contributed by atoms with Crippen LogP contribution in [-0.2, 0) is 26.6 Å². The molecule has 0 atom stereocenters. The molecule has 0 aliphatic heterocycles. The van der Waals surface area contributed by atoms with E-state index in [1.807, 2.05) is 65.7 Å². The van der Waals surface area contributed by atoms with Crippen molar-refractivity contribution in [1.82, 2.24) is 0 Å². The van der Waals surface area contributed by atoms with Crippen molar-refractivity contribution < 1.29 is 26.6 Å². The molecule has 0 amide bonds. The smallest absolute Gasteiger partial charge is 0.459 e. The molecule has 18 heavy (non-hydrogen) atoms. The maximum atomic E-state index is 11.3. The molecule has 96 valence electrons. The van der Waals surface area contributed by atoms with Crippen LogP contribution >= 0.6 is 0 Å². The number of rotatable bonds is 1. The first-order chi connectivity index (χ1) is 7.99. The molecular formula is C15H18FeO2+2. The normalized spacial score (nSPS) is 19.7. The van der Waals surface area contributed by atoms with Gasteiger partial charge in [0.1, 0.15) is 5.60 Å². The van der Waals surface area contributed by atoms with Crippen LogP contribution in [0.4, 0.5) is 0 Å². The zero-order valence-corrected chi connectivity index (χ0v) is 12.0. The van der Waals surface area contributed by atoms with Crippen LogP contribution in [-0.4, -0.2) is 11.6 Å². The Labute approximate surface area is 123 Å². The van der Waals surface area contributed by atoms with E-state index < -0.39 is 5.60 Å². The van der Waals surface area contributed by atoms with Gasteiger partial charge < -0.3 is 4.74 Å². The Kier molecular flexibility index (Phi) is 8.98. The third-order valence-electron chi connectivity index (χ3n) is 1.85. The molecule has 0 saturated heterocycles. The molecule has 0 aromatic heterocycles. The van der Waals surface area contributed by atoms with Gasteiger partial charge in [0, 0.05) is 0 Å². The van der Waals surface area contributed by atoms with Crippen LogP contribution in [0.2, 0.25) is 0 Å². The Morgan fingerprint density at radius 2 is 1.28 bits per heavy atom. The van der Waals surface area contributed by atoms with Gasteiger partial charge in [-0.05, 0) is 78.6 Å². The molecule has 2 nitrogen and oxygen atoms in total. The van der Waals surface area contributed by atoms with Crippen molar-refractivity contribution in [3.8, 4) is 0 Å². The maximum Gasteiger partial charge on any atom is 2.00 e. The summed E-state index contributed by atoms with van der Waals surface area (Å²) in [5.74, 6) is 0.359. The molecule has 0 aromatic rings. The number of hydrogen-bond acceptors (Lipinski definition) is 2. The molecule has 3 heteroatoms. The first kappa shape index (κ1) is 18.0. The zero-order valence-electron chi connectivity index (χ0n) is 10.9. The molecule has 0 aromatic carbocycles. The molecular weight excluding hydrogens is 268 g/mol. The van der Waals surface area contributed by atoms with Crippen LogP contribution in [0.1, 0.15) is 20.8 Å². The van der Waals surface area contributed by atoms with E-state index in [4.69, 9.17) is 4.74 Å². The first-order valence-corrected chi connectivity index (χ1v) is 5.61. The summed E-state index contributed by atoms with van der Waals surface area (Å²) >= 11 is 0. The summed E-state index contributed by atoms with van der Waals surface area (Å²) in [6, 6.07) is 0. The summed E-state index contributed by atoms with van der Waals surface area (Å²) in [5, 5.41) is 0. The summed E-state index contributed by atoms with van der Waals surface area (Å²) in [7, 11) is 0. The number of carbonyl (C=O) groups excluding carboxylic acids is 1. The number of esters is 1. The Morgan fingerprint density at radius 3 is 1.61 bits per heavy atom. The second kappa shape index (κ2) is 8.98. The molecule has 10 radical (unpaired) electrons. The monoisotopic (exact) mass is 286 g/mol. The largest absolute Gasteiger partial charge is 2.00 e. The van der Waals surface area contributed by atoms with Crippen molar-refractivity contribution in [3.63, 3.8) is 0 Å². The standard InChI is InChI=1S/C10H13O2.C5H5.Fe/c1-10(2,3)12-9(11)8-6-4-5-7-8;1-2-4-5-3-1;/h4-7H,1-3H3;1-5H;/q;;+2. The average molecular weight is 286 g/mol. The van der Waals surface area contributed by atoms with Gasteiger partial charge in [0.05, 0.1) is 5.92 Å². The van der Waals surface area contributed by atoms with Crippen molar-refractivity contribution in [1.29, 1.82) is 0 Å². The summed E-state index contributed by atoms with van der Waals surface area (Å²) in [6.45, 7) is 5.56. The predicted molar refractivity (Wildman–Crippen MR) is 67.8 cm³/mol. The van der Waals surface area contributed by atoms with E-state index in [1.54, 1.807) is 12.8 Å². The van der Waals surface area contributed by atoms with Crippen molar-refractivity contribution in [2.24, 2.45) is 0 Å². The third kappa shape index (κ3) is 8.15. The first-order valence-electron chi connectivity index (χ1n) is 5.61. The zero-order chi connectivity index (χ0) is 12.7. The Balaban J connectivity index is 0.000000405. The minimum Gasteiger partial charge on any atom is -0.459 e. The van der Waals surface area contributed by atoms with Gasteiger partial charge in [-0.3, -0.25) is 4.79 Å².